The molecule has 2 unspecified atom stereocenters. The lowest BCUT2D eigenvalue weighted by atomic mass is 10.0. The summed E-state index contributed by atoms with van der Waals surface area (Å²) in [5.41, 5.74) is -0.0332. The first-order valence-electron chi connectivity index (χ1n) is 11.9. The third-order valence-corrected chi connectivity index (χ3v) is 8.67. The highest BCUT2D eigenvalue weighted by atomic mass is 32.2. The number of carboxylic acids is 2. The number of β-lactam (4-membered cyclic amide) rings is 1. The average molecular weight is 603 g/mol. The number of rotatable bonds is 10. The number of methoxy groups -OCH3 is 1. The Morgan fingerprint density at radius 1 is 1.15 bits per heavy atom. The SMILES string of the molecule is COc1ccc(C(O)C(=O)NC2C(=O)N3C(C(=O)O)=C(CSc4ccc5nn(CC(=O)O)c(=O)n5n4)CS[C@@H]23)cc1. The molecule has 2 aliphatic heterocycles. The highest BCUT2D eigenvalue weighted by molar-refractivity contribution is 8.01. The molecule has 2 amide bonds. The highest BCUT2D eigenvalue weighted by Gasteiger charge is 2.54. The number of aliphatic hydroxyl groups excluding tert-OH is 1. The van der Waals surface area contributed by atoms with Crippen LogP contribution in [0.3, 0.4) is 0 Å². The summed E-state index contributed by atoms with van der Waals surface area (Å²) in [5.74, 6) is -3.03. The Morgan fingerprint density at radius 2 is 1.88 bits per heavy atom. The molecule has 15 nitrogen and oxygen atoms in total. The lowest BCUT2D eigenvalue weighted by Crippen LogP contribution is -2.70. The second-order valence-corrected chi connectivity index (χ2v) is 11.0. The topological polar surface area (TPSA) is 206 Å². The summed E-state index contributed by atoms with van der Waals surface area (Å²) in [6.45, 7) is -0.621. The zero-order valence-electron chi connectivity index (χ0n) is 21.2. The molecule has 2 aliphatic rings. The maximum Gasteiger partial charge on any atom is 0.367 e. The molecule has 2 aromatic heterocycles. The molecule has 3 aromatic rings. The van der Waals surface area contributed by atoms with Gasteiger partial charge >= 0.3 is 17.6 Å². The van der Waals surface area contributed by atoms with E-state index in [1.165, 1.54) is 37.1 Å². The predicted molar refractivity (Wildman–Crippen MR) is 143 cm³/mol. The van der Waals surface area contributed by atoms with Gasteiger partial charge in [0, 0.05) is 11.5 Å². The number of hydrogen-bond acceptors (Lipinski definition) is 11. The van der Waals surface area contributed by atoms with Gasteiger partial charge < -0.3 is 25.4 Å². The molecule has 1 aromatic carbocycles. The Morgan fingerprint density at radius 3 is 2.54 bits per heavy atom. The van der Waals surface area contributed by atoms with Crippen LogP contribution in [0.2, 0.25) is 0 Å². The van der Waals surface area contributed by atoms with E-state index in [9.17, 15) is 34.2 Å². The average Bonchev–Trinajstić information content (AvgIpc) is 3.26. The molecule has 1 fully saturated rings. The summed E-state index contributed by atoms with van der Waals surface area (Å²) in [5, 5.41) is 39.6. The Bertz CT molecular complexity index is 1650. The molecule has 4 heterocycles. The number of hydrogen-bond donors (Lipinski definition) is 4. The van der Waals surface area contributed by atoms with Gasteiger partial charge in [0.2, 0.25) is 0 Å². The van der Waals surface area contributed by atoms with Crippen molar-refractivity contribution in [1.29, 1.82) is 0 Å². The molecule has 0 saturated carbocycles. The van der Waals surface area contributed by atoms with E-state index in [2.05, 4.69) is 15.5 Å². The highest BCUT2D eigenvalue weighted by Crippen LogP contribution is 2.41. The van der Waals surface area contributed by atoms with Crippen LogP contribution in [0.5, 0.6) is 5.75 Å². The molecule has 0 spiro atoms. The number of aliphatic carboxylic acids is 2. The predicted octanol–water partition coefficient (Wildman–Crippen LogP) is -0.452. The number of fused-ring (bicyclic) bond motifs is 2. The quantitative estimate of drug-likeness (QED) is 0.172. The van der Waals surface area contributed by atoms with E-state index in [0.717, 1.165) is 25.9 Å². The second-order valence-electron chi connectivity index (χ2n) is 8.89. The normalized spacial score (nSPS) is 19.0. The van der Waals surface area contributed by atoms with E-state index in [1.807, 2.05) is 0 Å². The van der Waals surface area contributed by atoms with Gasteiger partial charge in [0.05, 0.1) is 7.11 Å². The number of nitrogens with one attached hydrogen (secondary N) is 1. The summed E-state index contributed by atoms with van der Waals surface area (Å²) in [6, 6.07) is 8.25. The summed E-state index contributed by atoms with van der Waals surface area (Å²) < 4.78 is 6.78. The van der Waals surface area contributed by atoms with Gasteiger partial charge in [0.25, 0.3) is 11.8 Å². The molecule has 41 heavy (non-hydrogen) atoms. The van der Waals surface area contributed by atoms with Crippen molar-refractivity contribution in [3.05, 3.63) is 63.7 Å². The maximum absolute atomic E-state index is 13.0. The van der Waals surface area contributed by atoms with Crippen molar-refractivity contribution >= 4 is 52.9 Å². The zero-order valence-corrected chi connectivity index (χ0v) is 22.8. The van der Waals surface area contributed by atoms with Crippen LogP contribution < -0.4 is 15.7 Å². The third kappa shape index (κ3) is 5.38. The fourth-order valence-electron chi connectivity index (χ4n) is 4.33. The van der Waals surface area contributed by atoms with Crippen molar-refractivity contribution in [1.82, 2.24) is 29.6 Å². The van der Waals surface area contributed by atoms with Crippen LogP contribution in [0, 0.1) is 0 Å². The first-order chi connectivity index (χ1) is 19.6. The molecule has 4 N–H and O–H groups in total. The van der Waals surface area contributed by atoms with Crippen LogP contribution >= 0.6 is 23.5 Å². The molecule has 1 saturated heterocycles. The minimum absolute atomic E-state index is 0.134. The Labute approximate surface area is 238 Å². The molecular weight excluding hydrogens is 580 g/mol. The van der Waals surface area contributed by atoms with E-state index < -0.39 is 53.5 Å². The molecule has 0 radical (unpaired) electrons. The van der Waals surface area contributed by atoms with Crippen molar-refractivity contribution in [2.75, 3.05) is 18.6 Å². The number of carboxylic acid groups (broad SMARTS) is 2. The third-order valence-electron chi connectivity index (χ3n) is 6.32. The number of carbonyl (C=O) groups is 4. The van der Waals surface area contributed by atoms with E-state index in [-0.39, 0.29) is 22.8 Å². The van der Waals surface area contributed by atoms with Crippen LogP contribution in [0.25, 0.3) is 5.65 Å². The fraction of sp³-hybridized carbons (Fsp3) is 0.292. The summed E-state index contributed by atoms with van der Waals surface area (Å²) in [6.07, 6.45) is -1.54. The van der Waals surface area contributed by atoms with E-state index in [1.54, 1.807) is 18.2 Å². The molecule has 5 rings (SSSR count). The Hall–Kier alpha value is -4.35. The van der Waals surface area contributed by atoms with Crippen LogP contribution in [-0.4, -0.2) is 93.4 Å². The van der Waals surface area contributed by atoms with Crippen LogP contribution in [0.4, 0.5) is 0 Å². The number of nitrogens with zero attached hydrogens (tertiary/aromatic N) is 5. The monoisotopic (exact) mass is 602 g/mol. The van der Waals surface area contributed by atoms with Crippen molar-refractivity contribution in [2.24, 2.45) is 0 Å². The van der Waals surface area contributed by atoms with Gasteiger partial charge in [-0.1, -0.05) is 12.1 Å². The second kappa shape index (κ2) is 11.3. The van der Waals surface area contributed by atoms with Crippen LogP contribution in [0.15, 0.2) is 57.5 Å². The van der Waals surface area contributed by atoms with Crippen molar-refractivity contribution < 1.29 is 39.2 Å². The summed E-state index contributed by atoms with van der Waals surface area (Å²) in [7, 11) is 1.48. The number of aromatic nitrogens is 4. The van der Waals surface area contributed by atoms with Gasteiger partial charge in [-0.15, -0.1) is 28.6 Å². The Balaban J connectivity index is 1.28. The molecule has 0 bridgehead atoms. The summed E-state index contributed by atoms with van der Waals surface area (Å²) >= 11 is 2.40. The molecular formula is C24H22N6O9S2. The minimum atomic E-state index is -1.54. The van der Waals surface area contributed by atoms with Gasteiger partial charge in [-0.25, -0.2) is 9.59 Å². The standard InChI is InChI=1S/C24H22N6O9S2/c1-39-13-4-2-11(3-5-13)19(33)20(34)25-17-21(35)29-18(23(36)37)12(10-41-22(17)29)9-40-15-7-6-14-26-28(8-16(31)32)24(38)30(14)27-15/h2-7,17,19,22,33H,8-10H2,1H3,(H,25,34)(H,31,32)(H,36,37)/t17?,19?,22-/m0/s1. The van der Waals surface area contributed by atoms with Crippen LogP contribution in [-0.2, 0) is 25.7 Å². The molecule has 0 aliphatic carbocycles. The molecule has 17 heteroatoms. The minimum Gasteiger partial charge on any atom is -0.497 e. The number of thioether (sulfide) groups is 2. The number of benzene rings is 1. The van der Waals surface area contributed by atoms with Crippen molar-refractivity contribution in [3.63, 3.8) is 0 Å². The lowest BCUT2D eigenvalue weighted by molar-refractivity contribution is -0.151. The van der Waals surface area contributed by atoms with Crippen molar-refractivity contribution in [2.45, 2.75) is 29.1 Å². The zero-order chi connectivity index (χ0) is 29.4. The number of ether oxygens (including phenoxy) is 1. The van der Waals surface area contributed by atoms with Crippen molar-refractivity contribution in [3.8, 4) is 5.75 Å². The van der Waals surface area contributed by atoms with Gasteiger partial charge in [-0.05, 0) is 35.4 Å². The van der Waals surface area contributed by atoms with E-state index in [4.69, 9.17) is 9.84 Å². The first kappa shape index (κ1) is 28.2. The number of aliphatic hydroxyl groups is 1. The largest absolute Gasteiger partial charge is 0.497 e. The molecule has 3 atom stereocenters. The first-order valence-corrected chi connectivity index (χ1v) is 14.0. The number of amides is 2. The fourth-order valence-corrected chi connectivity index (χ4v) is 6.66. The van der Waals surface area contributed by atoms with Gasteiger partial charge in [-0.2, -0.15) is 14.3 Å². The molecule has 214 valence electrons. The van der Waals surface area contributed by atoms with Crippen LogP contribution in [0.1, 0.15) is 11.7 Å². The Kier molecular flexibility index (Phi) is 7.74. The smallest absolute Gasteiger partial charge is 0.367 e. The lowest BCUT2D eigenvalue weighted by Gasteiger charge is -2.49. The van der Waals surface area contributed by atoms with Gasteiger partial charge in [0.1, 0.15) is 34.4 Å². The maximum atomic E-state index is 13.0. The van der Waals surface area contributed by atoms with Gasteiger partial charge in [0.15, 0.2) is 11.8 Å². The summed E-state index contributed by atoms with van der Waals surface area (Å²) in [4.78, 5) is 62.2. The van der Waals surface area contributed by atoms with Gasteiger partial charge in [-0.3, -0.25) is 19.3 Å². The number of carbonyl (C=O) groups excluding carboxylic acids is 2. The van der Waals surface area contributed by atoms with E-state index in [0.29, 0.717) is 21.9 Å². The van der Waals surface area contributed by atoms with E-state index >= 15 is 0 Å².